The second kappa shape index (κ2) is 4.53. The number of nitrogens with zero attached hydrogens (tertiary/aromatic N) is 1. The van der Waals surface area contributed by atoms with Gasteiger partial charge in [-0.3, -0.25) is 9.59 Å². The molecular weight excluding hydrogens is 240 g/mol. The molecule has 4 heteroatoms. The number of benzene rings is 1. The third-order valence-corrected chi connectivity index (χ3v) is 2.83. The van der Waals surface area contributed by atoms with Gasteiger partial charge in [0.1, 0.15) is 5.56 Å². The minimum atomic E-state index is -0.367. The average molecular weight is 258 g/mol. The van der Waals surface area contributed by atoms with Gasteiger partial charge in [-0.25, -0.2) is 0 Å². The van der Waals surface area contributed by atoms with E-state index in [1.807, 2.05) is 40.0 Å². The van der Waals surface area contributed by atoms with E-state index in [-0.39, 0.29) is 22.4 Å². The molecule has 0 aliphatic carbocycles. The molecule has 1 amide bonds. The van der Waals surface area contributed by atoms with Crippen LogP contribution in [0.5, 0.6) is 0 Å². The number of aromatic nitrogens is 1. The first kappa shape index (κ1) is 13.3. The number of carbonyl (C=O) groups excluding carboxylic acids is 1. The SMILES string of the molecule is Cn1cc(C(=O)NC(C)(C)C)c(=O)c2ccccc21. The maximum absolute atomic E-state index is 12.3. The number of pyridine rings is 1. The summed E-state index contributed by atoms with van der Waals surface area (Å²) in [5, 5.41) is 3.38. The Hall–Kier alpha value is -2.10. The van der Waals surface area contributed by atoms with Crippen LogP contribution < -0.4 is 10.7 Å². The van der Waals surface area contributed by atoms with Gasteiger partial charge < -0.3 is 9.88 Å². The number of aryl methyl sites for hydroxylation is 1. The van der Waals surface area contributed by atoms with Crippen LogP contribution in [0.4, 0.5) is 0 Å². The van der Waals surface area contributed by atoms with Gasteiger partial charge in [0.2, 0.25) is 5.43 Å². The summed E-state index contributed by atoms with van der Waals surface area (Å²) in [5.74, 6) is -0.334. The zero-order chi connectivity index (χ0) is 14.2. The first-order valence-electron chi connectivity index (χ1n) is 6.20. The van der Waals surface area contributed by atoms with Crippen LogP contribution in [0.15, 0.2) is 35.3 Å². The largest absolute Gasteiger partial charge is 0.350 e. The minimum Gasteiger partial charge on any atom is -0.350 e. The first-order valence-corrected chi connectivity index (χ1v) is 6.20. The van der Waals surface area contributed by atoms with Crippen LogP contribution in [0.1, 0.15) is 31.1 Å². The van der Waals surface area contributed by atoms with Crippen molar-refractivity contribution in [3.8, 4) is 0 Å². The van der Waals surface area contributed by atoms with Gasteiger partial charge in [0, 0.05) is 24.2 Å². The van der Waals surface area contributed by atoms with Crippen LogP contribution >= 0.6 is 0 Å². The van der Waals surface area contributed by atoms with Gasteiger partial charge in [0.05, 0.1) is 5.52 Å². The summed E-state index contributed by atoms with van der Waals surface area (Å²) in [6.45, 7) is 5.66. The van der Waals surface area contributed by atoms with Crippen molar-refractivity contribution in [3.05, 3.63) is 46.2 Å². The Morgan fingerprint density at radius 2 is 1.84 bits per heavy atom. The molecule has 19 heavy (non-hydrogen) atoms. The van der Waals surface area contributed by atoms with Crippen molar-refractivity contribution in [2.75, 3.05) is 0 Å². The molecule has 1 N–H and O–H groups in total. The van der Waals surface area contributed by atoms with E-state index in [0.29, 0.717) is 5.39 Å². The summed E-state index contributed by atoms with van der Waals surface area (Å²) in [4.78, 5) is 24.5. The van der Waals surface area contributed by atoms with Crippen molar-refractivity contribution in [2.45, 2.75) is 26.3 Å². The number of hydrogen-bond donors (Lipinski definition) is 1. The Bertz CT molecular complexity index is 693. The van der Waals surface area contributed by atoms with E-state index >= 15 is 0 Å². The number of hydrogen-bond acceptors (Lipinski definition) is 2. The molecule has 0 bridgehead atoms. The molecule has 0 radical (unpaired) electrons. The standard InChI is InChI=1S/C15H18N2O2/c1-15(2,3)16-14(19)11-9-17(4)12-8-6-5-7-10(12)13(11)18/h5-9H,1-4H3,(H,16,19). The van der Waals surface area contributed by atoms with Crippen LogP contribution in [0, 0.1) is 0 Å². The number of nitrogens with one attached hydrogen (secondary N) is 1. The quantitative estimate of drug-likeness (QED) is 0.851. The highest BCUT2D eigenvalue weighted by Gasteiger charge is 2.19. The van der Waals surface area contributed by atoms with Gasteiger partial charge in [0.25, 0.3) is 5.91 Å². The number of fused-ring (bicyclic) bond motifs is 1. The van der Waals surface area contributed by atoms with Crippen molar-refractivity contribution >= 4 is 16.8 Å². The molecule has 0 aliphatic heterocycles. The van der Waals surface area contributed by atoms with Crippen LogP contribution in [0.2, 0.25) is 0 Å². The lowest BCUT2D eigenvalue weighted by molar-refractivity contribution is 0.0918. The number of para-hydroxylation sites is 1. The van der Waals surface area contributed by atoms with Crippen LogP contribution in [0.25, 0.3) is 10.9 Å². The highest BCUT2D eigenvalue weighted by molar-refractivity contribution is 5.97. The van der Waals surface area contributed by atoms with E-state index < -0.39 is 0 Å². The summed E-state index contributed by atoms with van der Waals surface area (Å²) in [6, 6.07) is 7.28. The van der Waals surface area contributed by atoms with Crippen molar-refractivity contribution in [2.24, 2.45) is 7.05 Å². The van der Waals surface area contributed by atoms with Crippen LogP contribution in [-0.4, -0.2) is 16.0 Å². The van der Waals surface area contributed by atoms with Crippen molar-refractivity contribution in [1.29, 1.82) is 0 Å². The Kier molecular flexibility index (Phi) is 3.18. The summed E-state index contributed by atoms with van der Waals surface area (Å²) in [6.07, 6.45) is 1.59. The van der Waals surface area contributed by atoms with Gasteiger partial charge >= 0.3 is 0 Å². The van der Waals surface area contributed by atoms with Gasteiger partial charge in [-0.1, -0.05) is 12.1 Å². The molecule has 0 saturated heterocycles. The van der Waals surface area contributed by atoms with Crippen LogP contribution in [-0.2, 0) is 7.05 Å². The second-order valence-corrected chi connectivity index (χ2v) is 5.70. The van der Waals surface area contributed by atoms with E-state index in [2.05, 4.69) is 5.32 Å². The molecule has 0 atom stereocenters. The zero-order valence-corrected chi connectivity index (χ0v) is 11.7. The Labute approximate surface area is 112 Å². The fourth-order valence-corrected chi connectivity index (χ4v) is 2.01. The van der Waals surface area contributed by atoms with E-state index in [1.165, 1.54) is 0 Å². The minimum absolute atomic E-state index is 0.177. The third kappa shape index (κ3) is 2.67. The molecule has 100 valence electrons. The summed E-state index contributed by atoms with van der Waals surface area (Å²) in [5.41, 5.74) is 0.402. The van der Waals surface area contributed by atoms with E-state index in [9.17, 15) is 9.59 Å². The van der Waals surface area contributed by atoms with Crippen molar-refractivity contribution in [1.82, 2.24) is 9.88 Å². The van der Waals surface area contributed by atoms with E-state index in [0.717, 1.165) is 5.52 Å². The Balaban J connectivity index is 2.60. The molecule has 1 aromatic carbocycles. The lowest BCUT2D eigenvalue weighted by Crippen LogP contribution is -2.42. The lowest BCUT2D eigenvalue weighted by atomic mass is 10.1. The molecule has 2 rings (SSSR count). The lowest BCUT2D eigenvalue weighted by Gasteiger charge is -2.20. The molecule has 4 nitrogen and oxygen atoms in total. The number of carbonyl (C=O) groups is 1. The molecule has 1 heterocycles. The topological polar surface area (TPSA) is 51.1 Å². The molecule has 0 fully saturated rings. The normalized spacial score (nSPS) is 11.6. The van der Waals surface area contributed by atoms with Crippen LogP contribution in [0.3, 0.4) is 0 Å². The highest BCUT2D eigenvalue weighted by Crippen LogP contribution is 2.11. The van der Waals surface area contributed by atoms with Gasteiger partial charge in [-0.2, -0.15) is 0 Å². The van der Waals surface area contributed by atoms with Crippen molar-refractivity contribution in [3.63, 3.8) is 0 Å². The number of amides is 1. The van der Waals surface area contributed by atoms with E-state index in [4.69, 9.17) is 0 Å². The number of rotatable bonds is 1. The molecule has 0 spiro atoms. The van der Waals surface area contributed by atoms with E-state index in [1.54, 1.807) is 22.9 Å². The highest BCUT2D eigenvalue weighted by atomic mass is 16.2. The molecule has 0 saturated carbocycles. The molecule has 1 aromatic heterocycles. The smallest absolute Gasteiger partial charge is 0.257 e. The fraction of sp³-hybridized carbons (Fsp3) is 0.333. The maximum atomic E-state index is 12.3. The fourth-order valence-electron chi connectivity index (χ4n) is 2.01. The molecule has 2 aromatic rings. The average Bonchev–Trinajstić information content (AvgIpc) is 2.31. The third-order valence-electron chi connectivity index (χ3n) is 2.83. The first-order chi connectivity index (χ1) is 8.79. The maximum Gasteiger partial charge on any atom is 0.257 e. The second-order valence-electron chi connectivity index (χ2n) is 5.70. The molecule has 0 aliphatic rings. The summed E-state index contributed by atoms with van der Waals surface area (Å²) in [7, 11) is 1.83. The van der Waals surface area contributed by atoms with Gasteiger partial charge in [-0.15, -0.1) is 0 Å². The summed E-state index contributed by atoms with van der Waals surface area (Å²) < 4.78 is 1.80. The predicted molar refractivity (Wildman–Crippen MR) is 76.4 cm³/mol. The summed E-state index contributed by atoms with van der Waals surface area (Å²) >= 11 is 0. The monoisotopic (exact) mass is 258 g/mol. The van der Waals surface area contributed by atoms with Gasteiger partial charge in [0.15, 0.2) is 0 Å². The van der Waals surface area contributed by atoms with Gasteiger partial charge in [-0.05, 0) is 32.9 Å². The zero-order valence-electron chi connectivity index (χ0n) is 11.7. The molecular formula is C15H18N2O2. The molecule has 0 unspecified atom stereocenters. The predicted octanol–water partition coefficient (Wildman–Crippen LogP) is 2.07. The Morgan fingerprint density at radius 1 is 1.21 bits per heavy atom. The Morgan fingerprint density at radius 3 is 2.47 bits per heavy atom. The van der Waals surface area contributed by atoms with Crippen molar-refractivity contribution < 1.29 is 4.79 Å².